The molecule has 1 atom stereocenters. The molecule has 154 valence electrons. The highest BCUT2D eigenvalue weighted by Crippen LogP contribution is 2.26. The van der Waals surface area contributed by atoms with Gasteiger partial charge in [0.25, 0.3) is 0 Å². The molecule has 0 bridgehead atoms. The minimum atomic E-state index is -1.54. The topological polar surface area (TPSA) is 101 Å². The average molecular weight is 402 g/mol. The number of aliphatic hydroxyl groups excluding tert-OH is 1. The van der Waals surface area contributed by atoms with Crippen LogP contribution in [-0.4, -0.2) is 47.3 Å². The van der Waals surface area contributed by atoms with Gasteiger partial charge in [0, 0.05) is 18.5 Å². The molecular formula is C18H31N3O5S. The molecule has 0 aliphatic rings. The zero-order valence-corrected chi connectivity index (χ0v) is 17.8. The van der Waals surface area contributed by atoms with Crippen molar-refractivity contribution in [3.05, 3.63) is 11.1 Å². The Hall–Kier alpha value is -1.71. The van der Waals surface area contributed by atoms with Crippen molar-refractivity contribution in [3.8, 4) is 0 Å². The van der Waals surface area contributed by atoms with Gasteiger partial charge in [-0.05, 0) is 33.1 Å². The van der Waals surface area contributed by atoms with E-state index in [9.17, 15) is 14.7 Å². The highest BCUT2D eigenvalue weighted by Gasteiger charge is 2.32. The van der Waals surface area contributed by atoms with Gasteiger partial charge in [-0.1, -0.05) is 20.8 Å². The van der Waals surface area contributed by atoms with Crippen molar-refractivity contribution in [2.45, 2.75) is 78.4 Å². The number of hydrogen-bond donors (Lipinski definition) is 2. The molecule has 0 fully saturated rings. The lowest BCUT2D eigenvalue weighted by Crippen LogP contribution is -2.45. The van der Waals surface area contributed by atoms with Crippen LogP contribution in [0.1, 0.15) is 59.6 Å². The van der Waals surface area contributed by atoms with Crippen molar-refractivity contribution >= 4 is 28.5 Å². The number of aliphatic hydroxyl groups is 1. The third kappa shape index (κ3) is 7.08. The first-order valence-electron chi connectivity index (χ1n) is 9.14. The monoisotopic (exact) mass is 401 g/mol. The van der Waals surface area contributed by atoms with Crippen LogP contribution in [0, 0.1) is 0 Å². The van der Waals surface area contributed by atoms with Crippen LogP contribution in [0.2, 0.25) is 0 Å². The molecule has 0 saturated heterocycles. The van der Waals surface area contributed by atoms with Crippen molar-refractivity contribution in [2.75, 3.05) is 12.0 Å². The van der Waals surface area contributed by atoms with Crippen molar-refractivity contribution in [1.29, 1.82) is 0 Å². The Kier molecular flexibility index (Phi) is 9.14. The Morgan fingerprint density at radius 3 is 2.48 bits per heavy atom. The summed E-state index contributed by atoms with van der Waals surface area (Å²) in [5.74, 6) is -0.130. The van der Waals surface area contributed by atoms with Crippen molar-refractivity contribution < 1.29 is 24.2 Å². The molecule has 1 heterocycles. The molecule has 1 aromatic heterocycles. The van der Waals surface area contributed by atoms with E-state index in [1.807, 2.05) is 20.8 Å². The van der Waals surface area contributed by atoms with Gasteiger partial charge in [-0.15, -0.1) is 11.3 Å². The molecule has 2 amide bonds. The number of methoxy groups -OCH3 is 1. The van der Waals surface area contributed by atoms with Crippen molar-refractivity contribution in [1.82, 2.24) is 10.3 Å². The van der Waals surface area contributed by atoms with Gasteiger partial charge in [-0.3, -0.25) is 4.79 Å². The zero-order valence-electron chi connectivity index (χ0n) is 16.9. The summed E-state index contributed by atoms with van der Waals surface area (Å²) in [5, 5.41) is 14.9. The molecule has 0 aliphatic carbocycles. The zero-order chi connectivity index (χ0) is 20.6. The molecule has 0 saturated carbocycles. The van der Waals surface area contributed by atoms with Gasteiger partial charge in [0.15, 0.2) is 5.13 Å². The first kappa shape index (κ1) is 23.3. The predicted molar refractivity (Wildman–Crippen MR) is 105 cm³/mol. The molecule has 1 unspecified atom stereocenters. The number of nitrogens with zero attached hydrogens (tertiary/aromatic N) is 2. The van der Waals surface area contributed by atoms with Gasteiger partial charge in [0.05, 0.1) is 12.1 Å². The third-order valence-corrected chi connectivity index (χ3v) is 5.17. The van der Waals surface area contributed by atoms with E-state index in [-0.39, 0.29) is 23.5 Å². The Morgan fingerprint density at radius 1 is 1.33 bits per heavy atom. The number of aromatic nitrogens is 1. The van der Waals surface area contributed by atoms with Crippen LogP contribution in [-0.2, 0) is 20.7 Å². The van der Waals surface area contributed by atoms with Gasteiger partial charge in [0.1, 0.15) is 5.60 Å². The summed E-state index contributed by atoms with van der Waals surface area (Å²) in [6.07, 6.45) is 0.115. The third-order valence-electron chi connectivity index (χ3n) is 4.28. The van der Waals surface area contributed by atoms with Gasteiger partial charge in [0.2, 0.25) is 12.3 Å². The SMILES string of the molecule is CCC(CC)NC(=O)Cc1csc(N(C(=O)OC(C)(C)CC)C(O)OC)n1. The molecule has 0 aromatic carbocycles. The summed E-state index contributed by atoms with van der Waals surface area (Å²) in [6, 6.07) is 0.133. The number of rotatable bonds is 10. The van der Waals surface area contributed by atoms with E-state index in [4.69, 9.17) is 9.47 Å². The van der Waals surface area contributed by atoms with Gasteiger partial charge in [-0.25, -0.2) is 14.7 Å². The number of amides is 2. The Labute approximate surface area is 164 Å². The van der Waals surface area contributed by atoms with E-state index < -0.39 is 18.1 Å². The van der Waals surface area contributed by atoms with E-state index in [1.165, 1.54) is 7.11 Å². The first-order chi connectivity index (χ1) is 12.7. The molecule has 8 nitrogen and oxygen atoms in total. The molecule has 2 N–H and O–H groups in total. The van der Waals surface area contributed by atoms with E-state index in [1.54, 1.807) is 19.2 Å². The quantitative estimate of drug-likeness (QED) is 0.585. The molecule has 27 heavy (non-hydrogen) atoms. The molecule has 1 aromatic rings. The number of carbonyl (C=O) groups is 2. The second-order valence-electron chi connectivity index (χ2n) is 6.79. The molecule has 0 spiro atoms. The minimum absolute atomic E-state index is 0.0966. The average Bonchev–Trinajstić information content (AvgIpc) is 3.06. The lowest BCUT2D eigenvalue weighted by molar-refractivity contribution is -0.121. The number of anilines is 1. The Morgan fingerprint density at radius 2 is 1.96 bits per heavy atom. The lowest BCUT2D eigenvalue weighted by Gasteiger charge is -2.29. The Balaban J connectivity index is 2.90. The number of hydrogen-bond acceptors (Lipinski definition) is 7. The summed E-state index contributed by atoms with van der Waals surface area (Å²) >= 11 is 1.13. The van der Waals surface area contributed by atoms with E-state index in [0.29, 0.717) is 12.1 Å². The maximum atomic E-state index is 12.5. The van der Waals surface area contributed by atoms with Crippen LogP contribution in [0.15, 0.2) is 5.38 Å². The van der Waals surface area contributed by atoms with E-state index >= 15 is 0 Å². The van der Waals surface area contributed by atoms with Crippen LogP contribution in [0.4, 0.5) is 9.93 Å². The fraction of sp³-hybridized carbons (Fsp3) is 0.722. The largest absolute Gasteiger partial charge is 0.443 e. The maximum Gasteiger partial charge on any atom is 0.420 e. The normalized spacial score (nSPS) is 12.7. The van der Waals surface area contributed by atoms with Crippen LogP contribution < -0.4 is 10.2 Å². The smallest absolute Gasteiger partial charge is 0.420 e. The minimum Gasteiger partial charge on any atom is -0.443 e. The van der Waals surface area contributed by atoms with Gasteiger partial charge >= 0.3 is 6.09 Å². The summed E-state index contributed by atoms with van der Waals surface area (Å²) in [6.45, 7) is 9.48. The highest BCUT2D eigenvalue weighted by molar-refractivity contribution is 7.14. The van der Waals surface area contributed by atoms with Crippen LogP contribution in [0.25, 0.3) is 0 Å². The fourth-order valence-corrected chi connectivity index (χ4v) is 2.98. The fourth-order valence-electron chi connectivity index (χ4n) is 2.15. The molecule has 1 rings (SSSR count). The van der Waals surface area contributed by atoms with Crippen LogP contribution in [0.5, 0.6) is 0 Å². The van der Waals surface area contributed by atoms with Crippen LogP contribution in [0.3, 0.4) is 0 Å². The highest BCUT2D eigenvalue weighted by atomic mass is 32.1. The number of thiazole rings is 1. The van der Waals surface area contributed by atoms with Gasteiger partial charge < -0.3 is 19.9 Å². The molecular weight excluding hydrogens is 370 g/mol. The van der Waals surface area contributed by atoms with Crippen LogP contribution >= 0.6 is 11.3 Å². The van der Waals surface area contributed by atoms with E-state index in [0.717, 1.165) is 29.1 Å². The summed E-state index contributed by atoms with van der Waals surface area (Å²) < 4.78 is 10.3. The Bertz CT molecular complexity index is 616. The number of carbonyl (C=O) groups excluding carboxylic acids is 2. The lowest BCUT2D eigenvalue weighted by atomic mass is 10.1. The van der Waals surface area contributed by atoms with Crippen molar-refractivity contribution in [2.24, 2.45) is 0 Å². The van der Waals surface area contributed by atoms with Gasteiger partial charge in [-0.2, -0.15) is 0 Å². The first-order valence-corrected chi connectivity index (χ1v) is 10.0. The predicted octanol–water partition coefficient (Wildman–Crippen LogP) is 3.04. The standard InChI is InChI=1S/C18H31N3O5S/c1-7-12(8-2)19-14(22)10-13-11-27-15(20-13)21(16(23)25-6)17(24)26-18(4,5)9-3/h11-12,16,23H,7-10H2,1-6H3,(H,19,22). The molecule has 0 radical (unpaired) electrons. The summed E-state index contributed by atoms with van der Waals surface area (Å²) in [4.78, 5) is 29.9. The van der Waals surface area contributed by atoms with E-state index in [2.05, 4.69) is 10.3 Å². The maximum absolute atomic E-state index is 12.5. The second-order valence-corrected chi connectivity index (χ2v) is 7.63. The summed E-state index contributed by atoms with van der Waals surface area (Å²) in [7, 11) is 1.27. The molecule has 0 aliphatic heterocycles. The second kappa shape index (κ2) is 10.6. The molecule has 9 heteroatoms. The summed E-state index contributed by atoms with van der Waals surface area (Å²) in [5.41, 5.74) is -0.188. The van der Waals surface area contributed by atoms with Crippen molar-refractivity contribution in [3.63, 3.8) is 0 Å². The number of nitrogens with one attached hydrogen (secondary N) is 1. The number of ether oxygens (including phenoxy) is 2.